The molecule has 21 heavy (non-hydrogen) atoms. The average molecular weight is 355 g/mol. The lowest BCUT2D eigenvalue weighted by Crippen LogP contribution is -2.42. The highest BCUT2D eigenvalue weighted by Gasteiger charge is 2.44. The van der Waals surface area contributed by atoms with Gasteiger partial charge >= 0.3 is 5.97 Å². The summed E-state index contributed by atoms with van der Waals surface area (Å²) in [4.78, 5) is 24.0. The van der Waals surface area contributed by atoms with Gasteiger partial charge in [-0.3, -0.25) is 4.79 Å². The van der Waals surface area contributed by atoms with Crippen LogP contribution in [-0.4, -0.2) is 30.1 Å². The van der Waals surface area contributed by atoms with E-state index in [0.29, 0.717) is 12.2 Å². The number of carboxylic acid groups (broad SMARTS) is 1. The standard InChI is InChI=1S/C15H19BrN2O3/c1-9(2)15(5-6-17-8-15)14(21)18-12-7-10(16)3-4-11(12)13(19)20/h3-4,7,9,17H,5-6,8H2,1-2H3,(H,18,21)(H,19,20). The van der Waals surface area contributed by atoms with Gasteiger partial charge in [0.15, 0.2) is 0 Å². The molecule has 0 aromatic heterocycles. The third kappa shape index (κ3) is 3.11. The zero-order chi connectivity index (χ0) is 15.6. The zero-order valence-electron chi connectivity index (χ0n) is 12.1. The molecular weight excluding hydrogens is 336 g/mol. The van der Waals surface area contributed by atoms with E-state index in [4.69, 9.17) is 0 Å². The van der Waals surface area contributed by atoms with E-state index in [-0.39, 0.29) is 17.4 Å². The van der Waals surface area contributed by atoms with Crippen LogP contribution in [0.4, 0.5) is 5.69 Å². The summed E-state index contributed by atoms with van der Waals surface area (Å²) in [6.45, 7) is 5.46. The summed E-state index contributed by atoms with van der Waals surface area (Å²) in [5.41, 5.74) is -0.0665. The lowest BCUT2D eigenvalue weighted by molar-refractivity contribution is -0.126. The Kier molecular flexibility index (Phi) is 4.68. The molecule has 0 bridgehead atoms. The Bertz CT molecular complexity index is 566. The molecular formula is C15H19BrN2O3. The van der Waals surface area contributed by atoms with E-state index in [9.17, 15) is 14.7 Å². The largest absolute Gasteiger partial charge is 0.478 e. The number of anilines is 1. The second kappa shape index (κ2) is 6.15. The van der Waals surface area contributed by atoms with Gasteiger partial charge in [-0.1, -0.05) is 29.8 Å². The van der Waals surface area contributed by atoms with Gasteiger partial charge in [0.25, 0.3) is 0 Å². The van der Waals surface area contributed by atoms with E-state index >= 15 is 0 Å². The van der Waals surface area contributed by atoms with Crippen LogP contribution in [0.25, 0.3) is 0 Å². The number of benzene rings is 1. The third-order valence-electron chi connectivity index (χ3n) is 4.21. The number of aromatic carboxylic acids is 1. The highest BCUT2D eigenvalue weighted by atomic mass is 79.9. The molecule has 1 unspecified atom stereocenters. The highest BCUT2D eigenvalue weighted by molar-refractivity contribution is 9.10. The molecule has 1 atom stereocenters. The average Bonchev–Trinajstić information content (AvgIpc) is 2.88. The molecule has 3 N–H and O–H groups in total. The predicted molar refractivity (Wildman–Crippen MR) is 84.5 cm³/mol. The smallest absolute Gasteiger partial charge is 0.337 e. The number of carbonyl (C=O) groups is 2. The highest BCUT2D eigenvalue weighted by Crippen LogP contribution is 2.36. The molecule has 5 nitrogen and oxygen atoms in total. The van der Waals surface area contributed by atoms with Crippen LogP contribution in [0.2, 0.25) is 0 Å². The van der Waals surface area contributed by atoms with Crippen LogP contribution in [0.15, 0.2) is 22.7 Å². The van der Waals surface area contributed by atoms with Crippen molar-refractivity contribution in [3.8, 4) is 0 Å². The first kappa shape index (κ1) is 16.0. The van der Waals surface area contributed by atoms with Gasteiger partial charge in [0.05, 0.1) is 16.7 Å². The summed E-state index contributed by atoms with van der Waals surface area (Å²) in [7, 11) is 0. The van der Waals surface area contributed by atoms with E-state index in [2.05, 4.69) is 26.6 Å². The van der Waals surface area contributed by atoms with E-state index in [0.717, 1.165) is 17.4 Å². The lowest BCUT2D eigenvalue weighted by Gasteiger charge is -2.31. The molecule has 1 amide bonds. The number of carbonyl (C=O) groups excluding carboxylic acids is 1. The van der Waals surface area contributed by atoms with Crippen LogP contribution in [-0.2, 0) is 4.79 Å². The van der Waals surface area contributed by atoms with Gasteiger partial charge in [0, 0.05) is 11.0 Å². The first-order valence-corrected chi connectivity index (χ1v) is 7.71. The van der Waals surface area contributed by atoms with Crippen molar-refractivity contribution in [2.45, 2.75) is 20.3 Å². The molecule has 1 saturated heterocycles. The quantitative estimate of drug-likeness (QED) is 0.776. The second-order valence-corrected chi connectivity index (χ2v) is 6.60. The maximum atomic E-state index is 12.7. The van der Waals surface area contributed by atoms with Gasteiger partial charge in [0.1, 0.15) is 0 Å². The molecule has 0 saturated carbocycles. The molecule has 0 aliphatic carbocycles. The summed E-state index contributed by atoms with van der Waals surface area (Å²) in [5, 5.41) is 15.3. The fraction of sp³-hybridized carbons (Fsp3) is 0.467. The van der Waals surface area contributed by atoms with Crippen LogP contribution >= 0.6 is 15.9 Å². The van der Waals surface area contributed by atoms with Crippen molar-refractivity contribution < 1.29 is 14.7 Å². The Labute approximate surface area is 132 Å². The molecule has 2 rings (SSSR count). The first-order chi connectivity index (χ1) is 9.86. The minimum atomic E-state index is -1.05. The van der Waals surface area contributed by atoms with E-state index < -0.39 is 11.4 Å². The number of carboxylic acids is 1. The second-order valence-electron chi connectivity index (χ2n) is 5.69. The molecule has 1 fully saturated rings. The van der Waals surface area contributed by atoms with Crippen molar-refractivity contribution >= 4 is 33.5 Å². The van der Waals surface area contributed by atoms with Gasteiger partial charge in [-0.15, -0.1) is 0 Å². The Morgan fingerprint density at radius 1 is 1.43 bits per heavy atom. The predicted octanol–water partition coefficient (Wildman–Crippen LogP) is 2.72. The van der Waals surface area contributed by atoms with Gasteiger partial charge in [-0.25, -0.2) is 4.79 Å². The molecule has 1 aliphatic heterocycles. The van der Waals surface area contributed by atoms with Crippen LogP contribution in [0.3, 0.4) is 0 Å². The number of rotatable bonds is 4. The van der Waals surface area contributed by atoms with E-state index in [1.807, 2.05) is 13.8 Å². The van der Waals surface area contributed by atoms with E-state index in [1.165, 1.54) is 6.07 Å². The van der Waals surface area contributed by atoms with Gasteiger partial charge in [0.2, 0.25) is 5.91 Å². The lowest BCUT2D eigenvalue weighted by atomic mass is 9.75. The monoisotopic (exact) mass is 354 g/mol. The van der Waals surface area contributed by atoms with Crippen molar-refractivity contribution in [3.05, 3.63) is 28.2 Å². The van der Waals surface area contributed by atoms with Gasteiger partial charge in [-0.05, 0) is 37.1 Å². The molecule has 0 spiro atoms. The molecule has 1 aromatic carbocycles. The fourth-order valence-corrected chi connectivity index (χ4v) is 3.07. The summed E-state index contributed by atoms with van der Waals surface area (Å²) in [6, 6.07) is 4.75. The third-order valence-corrected chi connectivity index (χ3v) is 4.70. The van der Waals surface area contributed by atoms with Crippen molar-refractivity contribution in [2.24, 2.45) is 11.3 Å². The van der Waals surface area contributed by atoms with Crippen LogP contribution in [0, 0.1) is 11.3 Å². The molecule has 1 aliphatic rings. The van der Waals surface area contributed by atoms with Crippen molar-refractivity contribution in [1.29, 1.82) is 0 Å². The topological polar surface area (TPSA) is 78.4 Å². The Balaban J connectivity index is 2.31. The van der Waals surface area contributed by atoms with Crippen molar-refractivity contribution in [3.63, 3.8) is 0 Å². The SMILES string of the molecule is CC(C)C1(C(=O)Nc2cc(Br)ccc2C(=O)O)CCNC1. The zero-order valence-corrected chi connectivity index (χ0v) is 13.7. The van der Waals surface area contributed by atoms with Crippen LogP contribution < -0.4 is 10.6 Å². The molecule has 1 aromatic rings. The van der Waals surface area contributed by atoms with E-state index in [1.54, 1.807) is 12.1 Å². The maximum absolute atomic E-state index is 12.7. The normalized spacial score (nSPS) is 21.5. The van der Waals surface area contributed by atoms with Crippen LogP contribution in [0.5, 0.6) is 0 Å². The number of halogens is 1. The summed E-state index contributed by atoms with van der Waals surface area (Å²) >= 11 is 3.30. The molecule has 6 heteroatoms. The number of amides is 1. The van der Waals surface area contributed by atoms with Gasteiger partial charge < -0.3 is 15.7 Å². The van der Waals surface area contributed by atoms with Crippen LogP contribution in [0.1, 0.15) is 30.6 Å². The molecule has 1 heterocycles. The minimum absolute atomic E-state index is 0.0939. The van der Waals surface area contributed by atoms with Crippen molar-refractivity contribution in [2.75, 3.05) is 18.4 Å². The summed E-state index contributed by atoms with van der Waals surface area (Å²) < 4.78 is 0.728. The summed E-state index contributed by atoms with van der Waals surface area (Å²) in [6.07, 6.45) is 0.757. The van der Waals surface area contributed by atoms with Gasteiger partial charge in [-0.2, -0.15) is 0 Å². The Morgan fingerprint density at radius 2 is 2.14 bits per heavy atom. The number of nitrogens with one attached hydrogen (secondary N) is 2. The Hall–Kier alpha value is -1.40. The minimum Gasteiger partial charge on any atom is -0.478 e. The molecule has 0 radical (unpaired) electrons. The van der Waals surface area contributed by atoms with Crippen molar-refractivity contribution in [1.82, 2.24) is 5.32 Å². The molecule has 114 valence electrons. The Morgan fingerprint density at radius 3 is 2.67 bits per heavy atom. The maximum Gasteiger partial charge on any atom is 0.337 e. The fourth-order valence-electron chi connectivity index (χ4n) is 2.71. The first-order valence-electron chi connectivity index (χ1n) is 6.92. The number of hydrogen-bond acceptors (Lipinski definition) is 3. The number of hydrogen-bond donors (Lipinski definition) is 3. The summed E-state index contributed by atoms with van der Waals surface area (Å²) in [5.74, 6) is -1.00.